The van der Waals surface area contributed by atoms with Gasteiger partial charge in [0.2, 0.25) is 0 Å². The highest BCUT2D eigenvalue weighted by atomic mass is 16.1. The van der Waals surface area contributed by atoms with E-state index >= 15 is 0 Å². The highest BCUT2D eigenvalue weighted by Gasteiger charge is 2.39. The Balaban J connectivity index is 1.81. The fourth-order valence-electron chi connectivity index (χ4n) is 2.87. The Labute approximate surface area is 95.2 Å². The summed E-state index contributed by atoms with van der Waals surface area (Å²) in [6.45, 7) is 0.797. The lowest BCUT2D eigenvalue weighted by molar-refractivity contribution is -0.124. The first-order valence-electron chi connectivity index (χ1n) is 5.90. The minimum absolute atomic E-state index is 0.194. The Hall–Kier alpha value is -1.19. The van der Waals surface area contributed by atoms with Crippen molar-refractivity contribution in [2.75, 3.05) is 6.54 Å². The molecule has 2 N–H and O–H groups in total. The van der Waals surface area contributed by atoms with Crippen molar-refractivity contribution in [2.24, 2.45) is 5.92 Å². The maximum Gasteiger partial charge on any atom is 0.139 e. The molecule has 3 rings (SSSR count). The average Bonchev–Trinajstić information content (AvgIpc) is 2.79. The van der Waals surface area contributed by atoms with Gasteiger partial charge in [-0.05, 0) is 17.9 Å². The number of Topliss-reactive ketones (excluding diaryl/α,β-unsaturated/α-hetero) is 1. The van der Waals surface area contributed by atoms with Crippen molar-refractivity contribution in [1.29, 1.82) is 0 Å². The quantitative estimate of drug-likeness (QED) is 0.741. The minimum Gasteiger partial charge on any atom is -0.299 e. The Bertz CT molecular complexity index is 390. The number of nitrogens with one attached hydrogen (secondary N) is 2. The monoisotopic (exact) mass is 216 g/mol. The number of carbonyl (C=O) groups excluding carboxylic acids is 1. The van der Waals surface area contributed by atoms with Gasteiger partial charge in [0.15, 0.2) is 0 Å². The van der Waals surface area contributed by atoms with Gasteiger partial charge in [0, 0.05) is 24.9 Å². The van der Waals surface area contributed by atoms with Crippen LogP contribution in [0.3, 0.4) is 0 Å². The Morgan fingerprint density at radius 1 is 1.19 bits per heavy atom. The summed E-state index contributed by atoms with van der Waals surface area (Å²) in [4.78, 5) is 12.0. The summed E-state index contributed by atoms with van der Waals surface area (Å²) in [5.74, 6) is 0.991. The van der Waals surface area contributed by atoms with E-state index in [0.29, 0.717) is 24.2 Å². The molecule has 1 saturated carbocycles. The van der Waals surface area contributed by atoms with Gasteiger partial charge < -0.3 is 0 Å². The molecule has 2 aliphatic rings. The molecular weight excluding hydrogens is 200 g/mol. The lowest BCUT2D eigenvalue weighted by Gasteiger charge is -2.29. The van der Waals surface area contributed by atoms with Crippen molar-refractivity contribution >= 4 is 5.78 Å². The summed E-state index contributed by atoms with van der Waals surface area (Å²) in [6.07, 6.45) is 1.77. The summed E-state index contributed by atoms with van der Waals surface area (Å²) in [6, 6.07) is 10.7. The topological polar surface area (TPSA) is 41.1 Å². The molecule has 84 valence electrons. The highest BCUT2D eigenvalue weighted by Crippen LogP contribution is 2.34. The van der Waals surface area contributed by atoms with Gasteiger partial charge >= 0.3 is 0 Å². The molecule has 1 aliphatic carbocycles. The molecule has 0 spiro atoms. The van der Waals surface area contributed by atoms with Crippen LogP contribution < -0.4 is 10.9 Å². The van der Waals surface area contributed by atoms with Crippen molar-refractivity contribution in [2.45, 2.75) is 24.8 Å². The Morgan fingerprint density at radius 3 is 2.81 bits per heavy atom. The first-order chi connectivity index (χ1) is 7.84. The molecule has 1 aromatic rings. The molecule has 0 aromatic heterocycles. The normalized spacial score (nSPS) is 33.8. The molecule has 3 nitrogen and oxygen atoms in total. The van der Waals surface area contributed by atoms with Crippen LogP contribution in [0.5, 0.6) is 0 Å². The number of ketones is 1. The van der Waals surface area contributed by atoms with E-state index in [1.807, 2.05) is 18.2 Å². The van der Waals surface area contributed by atoms with Gasteiger partial charge in [-0.2, -0.15) is 0 Å². The van der Waals surface area contributed by atoms with E-state index in [4.69, 9.17) is 0 Å². The maximum absolute atomic E-state index is 12.0. The average molecular weight is 216 g/mol. The standard InChI is InChI=1S/C13H16N2O/c16-13-7-10(9-4-2-1-3-5-9)6-12-11(13)8-14-15-12/h1-5,10-12,14-15H,6-8H2. The second-order valence-corrected chi connectivity index (χ2v) is 4.75. The van der Waals surface area contributed by atoms with Crippen molar-refractivity contribution < 1.29 is 4.79 Å². The molecule has 3 heteroatoms. The van der Waals surface area contributed by atoms with Gasteiger partial charge in [-0.15, -0.1) is 0 Å². The van der Waals surface area contributed by atoms with Crippen LogP contribution in [0.4, 0.5) is 0 Å². The van der Waals surface area contributed by atoms with Crippen LogP contribution in [0.1, 0.15) is 24.3 Å². The summed E-state index contributed by atoms with van der Waals surface area (Å²) in [5, 5.41) is 0. The number of hydrogen-bond acceptors (Lipinski definition) is 3. The van der Waals surface area contributed by atoms with Crippen LogP contribution >= 0.6 is 0 Å². The van der Waals surface area contributed by atoms with E-state index in [9.17, 15) is 4.79 Å². The smallest absolute Gasteiger partial charge is 0.139 e. The summed E-state index contributed by atoms with van der Waals surface area (Å²) in [7, 11) is 0. The third kappa shape index (κ3) is 1.66. The van der Waals surface area contributed by atoms with E-state index < -0.39 is 0 Å². The second kappa shape index (κ2) is 4.00. The first kappa shape index (κ1) is 10.00. The molecule has 16 heavy (non-hydrogen) atoms. The fourth-order valence-corrected chi connectivity index (χ4v) is 2.87. The van der Waals surface area contributed by atoms with Gasteiger partial charge in [-0.1, -0.05) is 30.3 Å². The molecule has 0 amide bonds. The highest BCUT2D eigenvalue weighted by molar-refractivity contribution is 5.84. The SMILES string of the molecule is O=C1CC(c2ccccc2)CC2NNCC12. The van der Waals surface area contributed by atoms with Crippen LogP contribution in [-0.2, 0) is 4.79 Å². The zero-order valence-corrected chi connectivity index (χ0v) is 9.15. The number of hydrazine groups is 1. The lowest BCUT2D eigenvalue weighted by Crippen LogP contribution is -2.39. The predicted molar refractivity (Wildman–Crippen MR) is 61.8 cm³/mol. The van der Waals surface area contributed by atoms with Crippen molar-refractivity contribution in [3.63, 3.8) is 0 Å². The summed E-state index contributed by atoms with van der Waals surface area (Å²) in [5.41, 5.74) is 7.61. The lowest BCUT2D eigenvalue weighted by atomic mass is 9.75. The van der Waals surface area contributed by atoms with E-state index in [1.54, 1.807) is 0 Å². The van der Waals surface area contributed by atoms with Gasteiger partial charge in [-0.3, -0.25) is 15.6 Å². The fraction of sp³-hybridized carbons (Fsp3) is 0.462. The van der Waals surface area contributed by atoms with Crippen LogP contribution in [0.2, 0.25) is 0 Å². The maximum atomic E-state index is 12.0. The zero-order chi connectivity index (χ0) is 11.0. The van der Waals surface area contributed by atoms with E-state index in [-0.39, 0.29) is 5.92 Å². The number of carbonyl (C=O) groups is 1. The molecule has 1 aliphatic heterocycles. The zero-order valence-electron chi connectivity index (χ0n) is 9.15. The van der Waals surface area contributed by atoms with E-state index in [2.05, 4.69) is 23.0 Å². The van der Waals surface area contributed by atoms with Crippen molar-refractivity contribution in [3.05, 3.63) is 35.9 Å². The molecular formula is C13H16N2O. The predicted octanol–water partition coefficient (Wildman–Crippen LogP) is 1.23. The van der Waals surface area contributed by atoms with Gasteiger partial charge in [0.25, 0.3) is 0 Å². The minimum atomic E-state index is 0.194. The third-order valence-corrected chi connectivity index (χ3v) is 3.77. The Morgan fingerprint density at radius 2 is 2.00 bits per heavy atom. The molecule has 0 radical (unpaired) electrons. The third-order valence-electron chi connectivity index (χ3n) is 3.77. The van der Waals surface area contributed by atoms with Gasteiger partial charge in [-0.25, -0.2) is 0 Å². The number of fused-ring (bicyclic) bond motifs is 1. The number of benzene rings is 1. The Kier molecular flexibility index (Phi) is 2.50. The van der Waals surface area contributed by atoms with Crippen molar-refractivity contribution in [1.82, 2.24) is 10.9 Å². The molecule has 3 atom stereocenters. The molecule has 1 aromatic carbocycles. The van der Waals surface area contributed by atoms with E-state index in [1.165, 1.54) is 5.56 Å². The molecule has 1 saturated heterocycles. The molecule has 0 bridgehead atoms. The van der Waals surface area contributed by atoms with Crippen LogP contribution in [0.25, 0.3) is 0 Å². The second-order valence-electron chi connectivity index (χ2n) is 4.75. The van der Waals surface area contributed by atoms with Crippen LogP contribution in [-0.4, -0.2) is 18.4 Å². The molecule has 3 unspecified atom stereocenters. The molecule has 1 heterocycles. The van der Waals surface area contributed by atoms with Crippen LogP contribution in [0.15, 0.2) is 30.3 Å². The van der Waals surface area contributed by atoms with Crippen LogP contribution in [0, 0.1) is 5.92 Å². The summed E-state index contributed by atoms with van der Waals surface area (Å²) < 4.78 is 0. The molecule has 2 fully saturated rings. The van der Waals surface area contributed by atoms with Crippen molar-refractivity contribution in [3.8, 4) is 0 Å². The van der Waals surface area contributed by atoms with Gasteiger partial charge in [0.05, 0.1) is 0 Å². The van der Waals surface area contributed by atoms with Gasteiger partial charge in [0.1, 0.15) is 5.78 Å². The largest absolute Gasteiger partial charge is 0.299 e. The first-order valence-corrected chi connectivity index (χ1v) is 5.90. The van der Waals surface area contributed by atoms with E-state index in [0.717, 1.165) is 13.0 Å². The number of rotatable bonds is 1. The summed E-state index contributed by atoms with van der Waals surface area (Å²) >= 11 is 0. The number of hydrogen-bond donors (Lipinski definition) is 2.